The Morgan fingerprint density at radius 1 is 1.26 bits per heavy atom. The molecule has 1 atom stereocenters. The summed E-state index contributed by atoms with van der Waals surface area (Å²) < 4.78 is 6.12. The third-order valence-corrected chi connectivity index (χ3v) is 4.04. The van der Waals surface area contributed by atoms with Crippen molar-refractivity contribution in [1.82, 2.24) is 4.90 Å². The van der Waals surface area contributed by atoms with Crippen LogP contribution in [0.2, 0.25) is 0 Å². The van der Waals surface area contributed by atoms with Crippen LogP contribution in [0.15, 0.2) is 18.2 Å². The Balaban J connectivity index is 2.96. The van der Waals surface area contributed by atoms with Gasteiger partial charge in [0, 0.05) is 14.0 Å². The van der Waals surface area contributed by atoms with Crippen LogP contribution >= 0.6 is 0 Å². The second kappa shape index (κ2) is 5.64. The monoisotopic (exact) mass is 263 g/mol. The van der Waals surface area contributed by atoms with E-state index >= 15 is 0 Å². The number of aryl methyl sites for hydroxylation is 2. The van der Waals surface area contributed by atoms with Crippen molar-refractivity contribution < 1.29 is 9.53 Å². The van der Waals surface area contributed by atoms with Gasteiger partial charge in [0.25, 0.3) is 0 Å². The molecule has 1 aromatic carbocycles. The van der Waals surface area contributed by atoms with Gasteiger partial charge in [0.2, 0.25) is 5.91 Å². The summed E-state index contributed by atoms with van der Waals surface area (Å²) in [5.74, 6) is 0.960. The largest absolute Gasteiger partial charge is 0.488 e. The highest BCUT2D eigenvalue weighted by Gasteiger charge is 2.34. The second-order valence-corrected chi connectivity index (χ2v) is 5.71. The first-order valence-corrected chi connectivity index (χ1v) is 6.65. The maximum Gasteiger partial charge on any atom is 0.219 e. The van der Waals surface area contributed by atoms with E-state index in [1.165, 1.54) is 0 Å². The number of benzene rings is 1. The van der Waals surface area contributed by atoms with Gasteiger partial charge in [-0.3, -0.25) is 4.79 Å². The van der Waals surface area contributed by atoms with Gasteiger partial charge in [-0.2, -0.15) is 0 Å². The predicted octanol–water partition coefficient (Wildman–Crippen LogP) is 3.33. The third-order valence-electron chi connectivity index (χ3n) is 4.04. The van der Waals surface area contributed by atoms with Gasteiger partial charge in [-0.05, 0) is 45.7 Å². The zero-order valence-electron chi connectivity index (χ0n) is 13.1. The minimum absolute atomic E-state index is 0.0435. The molecule has 0 saturated carbocycles. The molecule has 0 aliphatic carbocycles. The lowest BCUT2D eigenvalue weighted by molar-refractivity contribution is -0.135. The fraction of sp³-hybridized carbons (Fsp3) is 0.562. The minimum atomic E-state index is -0.361. The molecule has 0 radical (unpaired) electrons. The molecule has 0 aromatic heterocycles. The van der Waals surface area contributed by atoms with Crippen LogP contribution in [-0.2, 0) is 4.79 Å². The van der Waals surface area contributed by atoms with E-state index in [-0.39, 0.29) is 17.6 Å². The van der Waals surface area contributed by atoms with E-state index in [0.717, 1.165) is 16.9 Å². The van der Waals surface area contributed by atoms with Gasteiger partial charge in [0.1, 0.15) is 11.9 Å². The first-order chi connectivity index (χ1) is 8.67. The zero-order chi connectivity index (χ0) is 14.8. The van der Waals surface area contributed by atoms with Crippen molar-refractivity contribution in [3.8, 4) is 5.75 Å². The maximum absolute atomic E-state index is 11.6. The van der Waals surface area contributed by atoms with Gasteiger partial charge in [0.15, 0.2) is 0 Å². The number of rotatable bonds is 4. The van der Waals surface area contributed by atoms with Crippen LogP contribution in [0.4, 0.5) is 0 Å². The molecule has 19 heavy (non-hydrogen) atoms. The summed E-state index contributed by atoms with van der Waals surface area (Å²) in [5.41, 5.74) is 1.88. The molecule has 0 aliphatic rings. The van der Waals surface area contributed by atoms with E-state index in [2.05, 4.69) is 0 Å². The molecule has 3 heteroatoms. The highest BCUT2D eigenvalue weighted by atomic mass is 16.5. The third kappa shape index (κ3) is 3.28. The van der Waals surface area contributed by atoms with Crippen molar-refractivity contribution in [2.24, 2.45) is 0 Å². The molecule has 1 aromatic rings. The molecule has 1 rings (SSSR count). The van der Waals surface area contributed by atoms with Crippen molar-refractivity contribution in [1.29, 1.82) is 0 Å². The number of hydrogen-bond acceptors (Lipinski definition) is 2. The highest BCUT2D eigenvalue weighted by molar-refractivity contribution is 5.73. The SMILES string of the molecule is CC(=O)N(C)C(C)(C)C(C)Oc1c(C)cccc1C. The quantitative estimate of drug-likeness (QED) is 0.834. The Bertz CT molecular complexity index is 446. The van der Waals surface area contributed by atoms with Crippen LogP contribution in [0.5, 0.6) is 5.75 Å². The van der Waals surface area contributed by atoms with Crippen LogP contribution < -0.4 is 4.74 Å². The summed E-state index contributed by atoms with van der Waals surface area (Å²) >= 11 is 0. The second-order valence-electron chi connectivity index (χ2n) is 5.71. The van der Waals surface area contributed by atoms with Crippen molar-refractivity contribution in [2.45, 2.75) is 53.2 Å². The lowest BCUT2D eigenvalue weighted by atomic mass is 9.96. The summed E-state index contributed by atoms with van der Waals surface area (Å²) in [7, 11) is 1.81. The van der Waals surface area contributed by atoms with Gasteiger partial charge in [0.05, 0.1) is 5.54 Å². The Morgan fingerprint density at radius 2 is 1.74 bits per heavy atom. The molecule has 0 spiro atoms. The lowest BCUT2D eigenvalue weighted by Crippen LogP contribution is -2.53. The zero-order valence-corrected chi connectivity index (χ0v) is 13.1. The Kier molecular flexibility index (Phi) is 4.61. The molecule has 0 saturated heterocycles. The lowest BCUT2D eigenvalue weighted by Gasteiger charge is -2.40. The fourth-order valence-electron chi connectivity index (χ4n) is 1.98. The smallest absolute Gasteiger partial charge is 0.219 e. The van der Waals surface area contributed by atoms with Crippen LogP contribution in [0, 0.1) is 13.8 Å². The number of para-hydroxylation sites is 1. The number of carbonyl (C=O) groups excluding carboxylic acids is 1. The fourth-order valence-corrected chi connectivity index (χ4v) is 1.98. The Morgan fingerprint density at radius 3 is 2.16 bits per heavy atom. The van der Waals surface area contributed by atoms with Crippen LogP contribution in [0.3, 0.4) is 0 Å². The van der Waals surface area contributed by atoms with Gasteiger partial charge in [-0.15, -0.1) is 0 Å². The number of ether oxygens (including phenoxy) is 1. The van der Waals surface area contributed by atoms with Gasteiger partial charge >= 0.3 is 0 Å². The molecule has 106 valence electrons. The topological polar surface area (TPSA) is 29.5 Å². The highest BCUT2D eigenvalue weighted by Crippen LogP contribution is 2.28. The molecule has 0 bridgehead atoms. The Labute approximate surface area is 116 Å². The van der Waals surface area contributed by atoms with E-state index in [1.54, 1.807) is 11.8 Å². The predicted molar refractivity (Wildman–Crippen MR) is 78.5 cm³/mol. The van der Waals surface area contributed by atoms with Crippen molar-refractivity contribution >= 4 is 5.91 Å². The van der Waals surface area contributed by atoms with Crippen LogP contribution in [0.1, 0.15) is 38.8 Å². The molecule has 0 fully saturated rings. The molecular formula is C16H25NO2. The number of carbonyl (C=O) groups is 1. The normalized spacial score (nSPS) is 13.0. The Hall–Kier alpha value is -1.51. The number of hydrogen-bond donors (Lipinski definition) is 0. The molecule has 0 aliphatic heterocycles. The van der Waals surface area contributed by atoms with Crippen molar-refractivity contribution in [3.63, 3.8) is 0 Å². The molecule has 0 heterocycles. The van der Waals surface area contributed by atoms with Crippen LogP contribution in [0.25, 0.3) is 0 Å². The van der Waals surface area contributed by atoms with Gasteiger partial charge in [-0.25, -0.2) is 0 Å². The van der Waals surface area contributed by atoms with E-state index < -0.39 is 0 Å². The average molecular weight is 263 g/mol. The first-order valence-electron chi connectivity index (χ1n) is 6.65. The summed E-state index contributed by atoms with van der Waals surface area (Å²) in [4.78, 5) is 13.3. The summed E-state index contributed by atoms with van der Waals surface area (Å²) in [6, 6.07) is 6.10. The van der Waals surface area contributed by atoms with E-state index in [4.69, 9.17) is 4.74 Å². The summed E-state index contributed by atoms with van der Waals surface area (Å²) in [5, 5.41) is 0. The molecule has 3 nitrogen and oxygen atoms in total. The summed E-state index contributed by atoms with van der Waals surface area (Å²) in [6.45, 7) is 11.7. The van der Waals surface area contributed by atoms with Crippen molar-refractivity contribution in [2.75, 3.05) is 7.05 Å². The van der Waals surface area contributed by atoms with E-state index in [0.29, 0.717) is 0 Å². The van der Waals surface area contributed by atoms with E-state index in [9.17, 15) is 4.79 Å². The number of nitrogens with zero attached hydrogens (tertiary/aromatic N) is 1. The standard InChI is InChI=1S/C16H25NO2/c1-11-9-8-10-12(2)15(11)19-13(3)16(5,6)17(7)14(4)18/h8-10,13H,1-7H3. The molecule has 1 amide bonds. The molecule has 1 unspecified atom stereocenters. The molecule has 0 N–H and O–H groups in total. The number of amides is 1. The average Bonchev–Trinajstić information content (AvgIpc) is 2.32. The van der Waals surface area contributed by atoms with E-state index in [1.807, 2.05) is 59.9 Å². The summed E-state index contributed by atoms with van der Waals surface area (Å²) in [6.07, 6.45) is -0.0961. The van der Waals surface area contributed by atoms with Crippen molar-refractivity contribution in [3.05, 3.63) is 29.3 Å². The first kappa shape index (κ1) is 15.5. The maximum atomic E-state index is 11.6. The minimum Gasteiger partial charge on any atom is -0.488 e. The molecular weight excluding hydrogens is 238 g/mol. The van der Waals surface area contributed by atoms with Crippen LogP contribution in [-0.4, -0.2) is 29.5 Å². The number of likely N-dealkylation sites (N-methyl/N-ethyl adjacent to an activating group) is 1. The van der Waals surface area contributed by atoms with Gasteiger partial charge in [-0.1, -0.05) is 18.2 Å². The van der Waals surface area contributed by atoms with Gasteiger partial charge < -0.3 is 9.64 Å².